The third kappa shape index (κ3) is 3.06. The number of nitro groups is 1. The third-order valence-corrected chi connectivity index (χ3v) is 4.03. The zero-order valence-electron chi connectivity index (χ0n) is 11.5. The minimum atomic E-state index is -1.60. The highest BCUT2D eigenvalue weighted by Gasteiger charge is 2.35. The summed E-state index contributed by atoms with van der Waals surface area (Å²) in [5.74, 6) is -0.396. The van der Waals surface area contributed by atoms with Gasteiger partial charge in [0, 0.05) is 18.2 Å². The number of aliphatic hydroxyl groups is 1. The van der Waals surface area contributed by atoms with Crippen LogP contribution >= 0.6 is 15.9 Å². The number of nitrogens with zero attached hydrogens (tertiary/aromatic N) is 2. The van der Waals surface area contributed by atoms with Gasteiger partial charge in [-0.15, -0.1) is 0 Å². The summed E-state index contributed by atoms with van der Waals surface area (Å²) >= 11 is 3.05. The van der Waals surface area contributed by atoms with Crippen molar-refractivity contribution in [3.05, 3.63) is 37.8 Å². The number of carbonyl (C=O) groups excluding carboxylic acids is 1. The van der Waals surface area contributed by atoms with Crippen molar-refractivity contribution in [3.63, 3.8) is 0 Å². The summed E-state index contributed by atoms with van der Waals surface area (Å²) in [4.78, 5) is 23.7. The van der Waals surface area contributed by atoms with Crippen LogP contribution in [0.25, 0.3) is 0 Å². The summed E-state index contributed by atoms with van der Waals surface area (Å²) in [6.45, 7) is 2.49. The third-order valence-electron chi connectivity index (χ3n) is 3.40. The summed E-state index contributed by atoms with van der Waals surface area (Å²) in [6, 6.07) is 2.70. The van der Waals surface area contributed by atoms with Crippen LogP contribution in [0.1, 0.15) is 29.8 Å². The highest BCUT2D eigenvalue weighted by Crippen LogP contribution is 2.33. The van der Waals surface area contributed by atoms with Gasteiger partial charge in [-0.1, -0.05) is 0 Å². The minimum absolute atomic E-state index is 0.0960. The van der Waals surface area contributed by atoms with Crippen molar-refractivity contribution in [2.45, 2.75) is 32.2 Å². The Morgan fingerprint density at radius 1 is 1.57 bits per heavy atom. The minimum Gasteiger partial charge on any atom is -0.387 e. The molecule has 1 atom stereocenters. The quantitative estimate of drug-likeness (QED) is 0.660. The predicted octanol–water partition coefficient (Wildman–Crippen LogP) is 2.42. The van der Waals surface area contributed by atoms with Gasteiger partial charge in [-0.3, -0.25) is 14.9 Å². The second kappa shape index (κ2) is 5.34. The first-order valence-corrected chi connectivity index (χ1v) is 7.03. The molecule has 1 heterocycles. The van der Waals surface area contributed by atoms with Crippen molar-refractivity contribution in [1.29, 1.82) is 0 Å². The Bertz CT molecular complexity index is 615. The van der Waals surface area contributed by atoms with Crippen LogP contribution in [0.4, 0.5) is 10.1 Å². The smallest absolute Gasteiger partial charge is 0.283 e. The number of benzene rings is 1. The van der Waals surface area contributed by atoms with Crippen LogP contribution in [-0.2, 0) is 6.54 Å². The van der Waals surface area contributed by atoms with Gasteiger partial charge in [0.1, 0.15) is 6.17 Å². The Balaban J connectivity index is 2.26. The van der Waals surface area contributed by atoms with E-state index >= 15 is 0 Å². The maximum absolute atomic E-state index is 13.9. The number of fused-ring (bicyclic) bond motifs is 1. The molecule has 0 aromatic heterocycles. The van der Waals surface area contributed by atoms with E-state index in [9.17, 15) is 24.4 Å². The van der Waals surface area contributed by atoms with E-state index in [0.717, 1.165) is 0 Å². The van der Waals surface area contributed by atoms with Crippen LogP contribution in [0.5, 0.6) is 0 Å². The zero-order chi connectivity index (χ0) is 15.9. The van der Waals surface area contributed by atoms with Crippen LogP contribution < -0.4 is 0 Å². The highest BCUT2D eigenvalue weighted by molar-refractivity contribution is 9.10. The van der Waals surface area contributed by atoms with Crippen molar-refractivity contribution in [1.82, 2.24) is 4.90 Å². The van der Waals surface area contributed by atoms with Crippen LogP contribution in [0.3, 0.4) is 0 Å². The molecule has 1 aliphatic rings. The molecule has 114 valence electrons. The van der Waals surface area contributed by atoms with E-state index in [4.69, 9.17) is 0 Å². The average molecular weight is 361 g/mol. The lowest BCUT2D eigenvalue weighted by Crippen LogP contribution is -2.42. The normalized spacial score (nSPS) is 16.0. The molecule has 0 radical (unpaired) electrons. The van der Waals surface area contributed by atoms with Crippen molar-refractivity contribution >= 4 is 27.5 Å². The molecule has 21 heavy (non-hydrogen) atoms. The first-order valence-electron chi connectivity index (χ1n) is 6.23. The summed E-state index contributed by atoms with van der Waals surface area (Å²) in [5.41, 5.74) is -0.891. The first kappa shape index (κ1) is 15.8. The number of rotatable bonds is 4. The lowest BCUT2D eigenvalue weighted by atomic mass is 10.0. The summed E-state index contributed by atoms with van der Waals surface area (Å²) in [6.07, 6.45) is -1.60. The van der Waals surface area contributed by atoms with Gasteiger partial charge in [0.15, 0.2) is 0 Å². The Morgan fingerprint density at radius 2 is 2.19 bits per heavy atom. The second-order valence-electron chi connectivity index (χ2n) is 5.52. The molecule has 1 aromatic rings. The number of alkyl halides is 1. The van der Waals surface area contributed by atoms with Gasteiger partial charge < -0.3 is 10.0 Å². The molecule has 0 bridgehead atoms. The monoisotopic (exact) mass is 360 g/mol. The van der Waals surface area contributed by atoms with Crippen LogP contribution in [0.2, 0.25) is 0 Å². The van der Waals surface area contributed by atoms with Gasteiger partial charge in [-0.25, -0.2) is 4.39 Å². The molecule has 1 aliphatic heterocycles. The van der Waals surface area contributed by atoms with E-state index in [-0.39, 0.29) is 23.2 Å². The SMILES string of the molecule is CC(C)(O)C(F)CN1Cc2cc([N+](=O)[O-])c(Br)cc2C1=O. The van der Waals surface area contributed by atoms with Gasteiger partial charge in [-0.2, -0.15) is 0 Å². The topological polar surface area (TPSA) is 83.7 Å². The predicted molar refractivity (Wildman–Crippen MR) is 76.7 cm³/mol. The van der Waals surface area contributed by atoms with Gasteiger partial charge in [0.25, 0.3) is 11.6 Å². The van der Waals surface area contributed by atoms with E-state index in [2.05, 4.69) is 15.9 Å². The molecule has 0 saturated carbocycles. The number of amides is 1. The molecular formula is C13H14BrFN2O4. The number of hydrogen-bond acceptors (Lipinski definition) is 4. The summed E-state index contributed by atoms with van der Waals surface area (Å²) < 4.78 is 14.1. The molecule has 0 fully saturated rings. The fourth-order valence-corrected chi connectivity index (χ4v) is 2.58. The Hall–Kier alpha value is -1.54. The van der Waals surface area contributed by atoms with Crippen LogP contribution in [0.15, 0.2) is 16.6 Å². The largest absolute Gasteiger partial charge is 0.387 e. The number of halogens is 2. The molecule has 0 spiro atoms. The molecular weight excluding hydrogens is 347 g/mol. The zero-order valence-corrected chi connectivity index (χ0v) is 13.1. The fraction of sp³-hybridized carbons (Fsp3) is 0.462. The van der Waals surface area contributed by atoms with Crippen molar-refractivity contribution < 1.29 is 19.2 Å². The molecule has 1 N–H and O–H groups in total. The van der Waals surface area contributed by atoms with Gasteiger partial charge >= 0.3 is 0 Å². The lowest BCUT2D eigenvalue weighted by molar-refractivity contribution is -0.385. The average Bonchev–Trinajstić information content (AvgIpc) is 2.64. The van der Waals surface area contributed by atoms with E-state index in [1.165, 1.54) is 30.9 Å². The fourth-order valence-electron chi connectivity index (χ4n) is 2.09. The number of carbonyl (C=O) groups is 1. The Labute approximate surface area is 128 Å². The van der Waals surface area contributed by atoms with Crippen LogP contribution in [-0.4, -0.2) is 39.2 Å². The van der Waals surface area contributed by atoms with Crippen molar-refractivity contribution in [3.8, 4) is 0 Å². The molecule has 2 rings (SSSR count). The molecule has 1 aromatic carbocycles. The van der Waals surface area contributed by atoms with E-state index in [1.54, 1.807) is 0 Å². The Kier molecular flexibility index (Phi) is 4.03. The summed E-state index contributed by atoms with van der Waals surface area (Å²) in [5, 5.41) is 20.5. The van der Waals surface area contributed by atoms with Crippen molar-refractivity contribution in [2.75, 3.05) is 6.54 Å². The molecule has 6 nitrogen and oxygen atoms in total. The second-order valence-corrected chi connectivity index (χ2v) is 6.38. The molecule has 0 saturated heterocycles. The lowest BCUT2D eigenvalue weighted by Gasteiger charge is -2.26. The standard InChI is InChI=1S/C13H14BrFN2O4/c1-13(2,19)11(15)6-16-5-7-3-10(17(20)21)9(14)4-8(7)12(16)18/h3-4,11,19H,5-6H2,1-2H3. The van der Waals surface area contributed by atoms with E-state index < -0.39 is 22.6 Å². The molecule has 8 heteroatoms. The van der Waals surface area contributed by atoms with Crippen LogP contribution in [0, 0.1) is 10.1 Å². The molecule has 0 aliphatic carbocycles. The number of hydrogen-bond donors (Lipinski definition) is 1. The summed E-state index contributed by atoms with van der Waals surface area (Å²) in [7, 11) is 0. The van der Waals surface area contributed by atoms with E-state index in [0.29, 0.717) is 11.1 Å². The maximum atomic E-state index is 13.9. The highest BCUT2D eigenvalue weighted by atomic mass is 79.9. The maximum Gasteiger partial charge on any atom is 0.283 e. The van der Waals surface area contributed by atoms with Gasteiger partial charge in [0.05, 0.1) is 21.5 Å². The Morgan fingerprint density at radius 3 is 2.71 bits per heavy atom. The van der Waals surface area contributed by atoms with Gasteiger partial charge in [0.2, 0.25) is 0 Å². The van der Waals surface area contributed by atoms with Gasteiger partial charge in [-0.05, 0) is 41.4 Å². The van der Waals surface area contributed by atoms with E-state index in [1.807, 2.05) is 0 Å². The first-order chi connectivity index (χ1) is 9.61. The molecule has 1 unspecified atom stereocenters. The number of nitro benzene ring substituents is 1. The van der Waals surface area contributed by atoms with Crippen molar-refractivity contribution in [2.24, 2.45) is 0 Å². The molecule has 1 amide bonds.